The Labute approximate surface area is 69.6 Å². The lowest BCUT2D eigenvalue weighted by Gasteiger charge is -1.93. The smallest absolute Gasteiger partial charge is 0.248 e. The van der Waals surface area contributed by atoms with Crippen molar-refractivity contribution in [3.05, 3.63) is 5.82 Å². The highest BCUT2D eigenvalue weighted by atomic mass is 16.1. The van der Waals surface area contributed by atoms with Crippen LogP contribution in [0.3, 0.4) is 0 Å². The monoisotopic (exact) mass is 164 g/mol. The van der Waals surface area contributed by atoms with Gasteiger partial charge in [-0.05, 0) is 6.92 Å². The Morgan fingerprint density at radius 1 is 1.83 bits per heavy atom. The Balaban J connectivity index is 2.53. The topological polar surface area (TPSA) is 70.7 Å². The molecule has 62 valence electrons. The number of aromatic nitrogens is 3. The number of H-pyrrole nitrogens is 1. The van der Waals surface area contributed by atoms with Gasteiger partial charge in [0.15, 0.2) is 0 Å². The number of terminal acetylenes is 1. The molecule has 1 aromatic rings. The molecule has 1 rings (SSSR count). The fourth-order valence-corrected chi connectivity index (χ4v) is 0.660. The number of rotatable bonds is 2. The molecule has 5 heteroatoms. The van der Waals surface area contributed by atoms with Crippen molar-refractivity contribution in [2.24, 2.45) is 0 Å². The summed E-state index contributed by atoms with van der Waals surface area (Å²) in [6.45, 7) is 1.74. The molecule has 0 saturated carbocycles. The van der Waals surface area contributed by atoms with Gasteiger partial charge in [0.05, 0.1) is 6.42 Å². The minimum Gasteiger partial charge on any atom is -0.292 e. The van der Waals surface area contributed by atoms with E-state index in [-0.39, 0.29) is 18.3 Å². The molecule has 0 saturated heterocycles. The molecular weight excluding hydrogens is 156 g/mol. The van der Waals surface area contributed by atoms with E-state index in [9.17, 15) is 4.79 Å². The molecule has 2 N–H and O–H groups in total. The van der Waals surface area contributed by atoms with Gasteiger partial charge in [0.1, 0.15) is 5.82 Å². The molecule has 0 aromatic carbocycles. The molecule has 12 heavy (non-hydrogen) atoms. The maximum atomic E-state index is 10.9. The van der Waals surface area contributed by atoms with Crippen LogP contribution in [-0.2, 0) is 4.79 Å². The number of carbonyl (C=O) groups is 1. The van der Waals surface area contributed by atoms with Crippen molar-refractivity contribution in [2.75, 3.05) is 5.32 Å². The fourth-order valence-electron chi connectivity index (χ4n) is 0.660. The maximum absolute atomic E-state index is 10.9. The quantitative estimate of drug-likeness (QED) is 0.608. The Hall–Kier alpha value is -1.83. The van der Waals surface area contributed by atoms with Crippen LogP contribution in [-0.4, -0.2) is 21.1 Å². The molecule has 1 aromatic heterocycles. The lowest BCUT2D eigenvalue weighted by atomic mass is 10.4. The molecule has 0 aliphatic rings. The van der Waals surface area contributed by atoms with Crippen molar-refractivity contribution >= 4 is 11.9 Å². The van der Waals surface area contributed by atoms with Gasteiger partial charge >= 0.3 is 0 Å². The van der Waals surface area contributed by atoms with E-state index in [2.05, 4.69) is 26.4 Å². The van der Waals surface area contributed by atoms with E-state index < -0.39 is 0 Å². The molecule has 1 heterocycles. The molecule has 0 bridgehead atoms. The van der Waals surface area contributed by atoms with Gasteiger partial charge in [-0.2, -0.15) is 4.98 Å². The number of amides is 1. The van der Waals surface area contributed by atoms with Crippen LogP contribution in [0, 0.1) is 19.3 Å². The van der Waals surface area contributed by atoms with Gasteiger partial charge in [0.25, 0.3) is 0 Å². The van der Waals surface area contributed by atoms with Gasteiger partial charge in [-0.25, -0.2) is 0 Å². The third-order valence-corrected chi connectivity index (χ3v) is 1.11. The number of anilines is 1. The predicted octanol–water partition coefficient (Wildman–Crippen LogP) is 0.0749. The van der Waals surface area contributed by atoms with Crippen LogP contribution >= 0.6 is 0 Å². The highest BCUT2D eigenvalue weighted by Crippen LogP contribution is 1.96. The van der Waals surface area contributed by atoms with Crippen LogP contribution in [0.2, 0.25) is 0 Å². The molecule has 5 nitrogen and oxygen atoms in total. The lowest BCUT2D eigenvalue weighted by molar-refractivity contribution is -0.115. The Bertz CT molecular complexity index is 322. The summed E-state index contributed by atoms with van der Waals surface area (Å²) >= 11 is 0. The summed E-state index contributed by atoms with van der Waals surface area (Å²) < 4.78 is 0. The average Bonchev–Trinajstić information content (AvgIpc) is 2.36. The highest BCUT2D eigenvalue weighted by molar-refractivity contribution is 5.90. The van der Waals surface area contributed by atoms with E-state index in [0.29, 0.717) is 5.82 Å². The summed E-state index contributed by atoms with van der Waals surface area (Å²) in [6.07, 6.45) is 4.96. The van der Waals surface area contributed by atoms with Crippen molar-refractivity contribution < 1.29 is 4.79 Å². The van der Waals surface area contributed by atoms with Crippen LogP contribution in [0.1, 0.15) is 12.2 Å². The maximum Gasteiger partial charge on any atom is 0.248 e. The van der Waals surface area contributed by atoms with Crippen LogP contribution in [0.25, 0.3) is 0 Å². The Morgan fingerprint density at radius 3 is 3.08 bits per heavy atom. The molecule has 0 unspecified atom stereocenters. The Kier molecular flexibility index (Phi) is 2.43. The number of nitrogens with one attached hydrogen (secondary N) is 2. The van der Waals surface area contributed by atoms with Gasteiger partial charge < -0.3 is 0 Å². The number of carbonyl (C=O) groups excluding carboxylic acids is 1. The van der Waals surface area contributed by atoms with Gasteiger partial charge in [-0.15, -0.1) is 11.5 Å². The van der Waals surface area contributed by atoms with Crippen LogP contribution in [0.4, 0.5) is 5.95 Å². The SMILES string of the molecule is C#CCC(=O)Nc1n[nH]c(C)n1. The van der Waals surface area contributed by atoms with Gasteiger partial charge in [0.2, 0.25) is 11.9 Å². The van der Waals surface area contributed by atoms with Crippen molar-refractivity contribution in [3.63, 3.8) is 0 Å². The number of aryl methyl sites for hydroxylation is 1. The molecule has 0 fully saturated rings. The number of hydrogen-bond donors (Lipinski definition) is 2. The largest absolute Gasteiger partial charge is 0.292 e. The fraction of sp³-hybridized carbons (Fsp3) is 0.286. The molecule has 0 radical (unpaired) electrons. The molecule has 0 spiro atoms. The first-order chi connectivity index (χ1) is 5.72. The van der Waals surface area contributed by atoms with Crippen LogP contribution < -0.4 is 5.32 Å². The average molecular weight is 164 g/mol. The summed E-state index contributed by atoms with van der Waals surface area (Å²) in [6, 6.07) is 0. The molecular formula is C7H8N4O. The van der Waals surface area contributed by atoms with E-state index in [4.69, 9.17) is 6.42 Å². The molecule has 1 amide bonds. The summed E-state index contributed by atoms with van der Waals surface area (Å²) in [5.41, 5.74) is 0. The van der Waals surface area contributed by atoms with Gasteiger partial charge in [-0.3, -0.25) is 15.2 Å². The molecule has 0 atom stereocenters. The predicted molar refractivity (Wildman–Crippen MR) is 43.2 cm³/mol. The van der Waals surface area contributed by atoms with E-state index >= 15 is 0 Å². The van der Waals surface area contributed by atoms with E-state index in [1.54, 1.807) is 6.92 Å². The Morgan fingerprint density at radius 2 is 2.58 bits per heavy atom. The second-order valence-electron chi connectivity index (χ2n) is 2.17. The zero-order valence-corrected chi connectivity index (χ0v) is 6.59. The summed E-state index contributed by atoms with van der Waals surface area (Å²) in [5.74, 6) is 2.84. The first-order valence-electron chi connectivity index (χ1n) is 3.34. The third-order valence-electron chi connectivity index (χ3n) is 1.11. The normalized spacial score (nSPS) is 9.00. The molecule has 0 aliphatic heterocycles. The number of nitrogens with zero attached hydrogens (tertiary/aromatic N) is 2. The van der Waals surface area contributed by atoms with Crippen molar-refractivity contribution in [1.29, 1.82) is 0 Å². The minimum absolute atomic E-state index is 0.0353. The zero-order chi connectivity index (χ0) is 8.97. The summed E-state index contributed by atoms with van der Waals surface area (Å²) in [7, 11) is 0. The van der Waals surface area contributed by atoms with E-state index in [1.807, 2.05) is 0 Å². The van der Waals surface area contributed by atoms with Crippen molar-refractivity contribution in [2.45, 2.75) is 13.3 Å². The van der Waals surface area contributed by atoms with Crippen molar-refractivity contribution in [3.8, 4) is 12.3 Å². The minimum atomic E-state index is -0.281. The number of hydrogen-bond acceptors (Lipinski definition) is 3. The summed E-state index contributed by atoms with van der Waals surface area (Å²) in [5, 5.41) is 8.72. The summed E-state index contributed by atoms with van der Waals surface area (Å²) in [4.78, 5) is 14.7. The van der Waals surface area contributed by atoms with Crippen LogP contribution in [0.15, 0.2) is 0 Å². The van der Waals surface area contributed by atoms with E-state index in [1.165, 1.54) is 0 Å². The molecule has 0 aliphatic carbocycles. The zero-order valence-electron chi connectivity index (χ0n) is 6.59. The first kappa shape index (κ1) is 8.27. The van der Waals surface area contributed by atoms with Gasteiger partial charge in [0, 0.05) is 0 Å². The number of aromatic amines is 1. The van der Waals surface area contributed by atoms with Crippen molar-refractivity contribution in [1.82, 2.24) is 15.2 Å². The first-order valence-corrected chi connectivity index (χ1v) is 3.34. The standard InChI is InChI=1S/C7H8N4O/c1-3-4-6(12)9-7-8-5(2)10-11-7/h1H,4H2,2H3,(H2,8,9,10,11,12). The second-order valence-corrected chi connectivity index (χ2v) is 2.17. The van der Waals surface area contributed by atoms with E-state index in [0.717, 1.165) is 0 Å². The van der Waals surface area contributed by atoms with Gasteiger partial charge in [-0.1, -0.05) is 5.92 Å². The highest BCUT2D eigenvalue weighted by Gasteiger charge is 2.03. The lowest BCUT2D eigenvalue weighted by Crippen LogP contribution is -2.11. The third kappa shape index (κ3) is 2.09. The second kappa shape index (κ2) is 3.53. The van der Waals surface area contributed by atoms with Crippen LogP contribution in [0.5, 0.6) is 0 Å².